The molecule has 0 spiro atoms. The highest BCUT2D eigenvalue weighted by Crippen LogP contribution is 2.38. The van der Waals surface area contributed by atoms with Crippen LogP contribution in [-0.2, 0) is 16.3 Å². The summed E-state index contributed by atoms with van der Waals surface area (Å²) in [7, 11) is -1.11. The Hall–Kier alpha value is -1.88. The molecule has 10 heteroatoms. The minimum absolute atomic E-state index is 0.160. The van der Waals surface area contributed by atoms with Gasteiger partial charge in [-0.05, 0) is 34.1 Å². The number of hydrogen-bond donors (Lipinski definition) is 1. The van der Waals surface area contributed by atoms with Gasteiger partial charge in [-0.3, -0.25) is 4.79 Å². The highest BCUT2D eigenvalue weighted by molar-refractivity contribution is 9.10. The second kappa shape index (κ2) is 9.29. The number of pyridine rings is 1. The summed E-state index contributed by atoms with van der Waals surface area (Å²) in [4.78, 5) is 25.5. The zero-order valence-electron chi connectivity index (χ0n) is 16.9. The van der Waals surface area contributed by atoms with Gasteiger partial charge >= 0.3 is 0 Å². The summed E-state index contributed by atoms with van der Waals surface area (Å²) in [5.41, 5.74) is 0.880. The molecule has 0 aliphatic carbocycles. The molecule has 1 N–H and O–H groups in total. The predicted octanol–water partition coefficient (Wildman–Crippen LogP) is 5.10. The third kappa shape index (κ3) is 6.05. The van der Waals surface area contributed by atoms with E-state index < -0.39 is 8.07 Å². The number of carbonyl (C=O) groups is 1. The summed E-state index contributed by atoms with van der Waals surface area (Å²) < 4.78 is 8.59. The molecule has 3 aromatic heterocycles. The third-order valence-corrected chi connectivity index (χ3v) is 7.68. The van der Waals surface area contributed by atoms with Crippen molar-refractivity contribution in [3.05, 3.63) is 35.3 Å². The lowest BCUT2D eigenvalue weighted by atomic mass is 10.3. The standard InChI is InChI=1S/C19H24BrN5O2SSi/c1-13(26)23-15-11-14(5-6-21-15)19-24-17(20)16(28-19)18-22-7-8-25(18)12-27-9-10-29(2,3)4/h5-8,11H,9-10,12H2,1-4H3,(H,21,23,26). The lowest BCUT2D eigenvalue weighted by Gasteiger charge is -2.15. The first-order valence-corrected chi connectivity index (χ1v) is 14.5. The van der Waals surface area contributed by atoms with Gasteiger partial charge in [-0.25, -0.2) is 15.0 Å². The highest BCUT2D eigenvalue weighted by atomic mass is 79.9. The van der Waals surface area contributed by atoms with Crippen LogP contribution in [0.2, 0.25) is 25.7 Å². The maximum Gasteiger partial charge on any atom is 0.222 e. The number of carbonyl (C=O) groups excluding carboxylic acids is 1. The van der Waals surface area contributed by atoms with Gasteiger partial charge in [0.1, 0.15) is 27.0 Å². The number of amides is 1. The lowest BCUT2D eigenvalue weighted by molar-refractivity contribution is -0.114. The third-order valence-electron chi connectivity index (χ3n) is 4.04. The summed E-state index contributed by atoms with van der Waals surface area (Å²) in [5.74, 6) is 1.15. The number of halogens is 1. The SMILES string of the molecule is CC(=O)Nc1cc(-c2nc(Br)c(-c3nccn3COCC[Si](C)(C)C)s2)ccn1. The smallest absolute Gasteiger partial charge is 0.222 e. The van der Waals surface area contributed by atoms with Crippen molar-refractivity contribution in [1.29, 1.82) is 0 Å². The Bertz CT molecular complexity index is 999. The van der Waals surface area contributed by atoms with Crippen LogP contribution in [-0.4, -0.2) is 40.1 Å². The Labute approximate surface area is 183 Å². The van der Waals surface area contributed by atoms with E-state index in [-0.39, 0.29) is 5.91 Å². The molecule has 0 radical (unpaired) electrons. The normalized spacial score (nSPS) is 11.6. The summed E-state index contributed by atoms with van der Waals surface area (Å²) >= 11 is 5.09. The fraction of sp³-hybridized carbons (Fsp3) is 0.368. The number of anilines is 1. The van der Waals surface area contributed by atoms with E-state index in [4.69, 9.17) is 4.74 Å². The van der Waals surface area contributed by atoms with Crippen molar-refractivity contribution in [3.63, 3.8) is 0 Å². The number of hydrogen-bond acceptors (Lipinski definition) is 6. The van der Waals surface area contributed by atoms with Crippen LogP contribution in [0.5, 0.6) is 0 Å². The van der Waals surface area contributed by atoms with Gasteiger partial charge in [0.25, 0.3) is 0 Å². The largest absolute Gasteiger partial charge is 0.361 e. The van der Waals surface area contributed by atoms with Gasteiger partial charge in [-0.15, -0.1) is 11.3 Å². The molecule has 3 aromatic rings. The first-order chi connectivity index (χ1) is 13.7. The van der Waals surface area contributed by atoms with Crippen LogP contribution in [0, 0.1) is 0 Å². The molecule has 0 aliphatic heterocycles. The molecule has 154 valence electrons. The van der Waals surface area contributed by atoms with Gasteiger partial charge in [0, 0.05) is 45.8 Å². The fourth-order valence-electron chi connectivity index (χ4n) is 2.54. The average molecular weight is 494 g/mol. The second-order valence-electron chi connectivity index (χ2n) is 7.82. The maximum atomic E-state index is 11.3. The molecule has 0 bridgehead atoms. The Morgan fingerprint density at radius 1 is 1.31 bits per heavy atom. The van der Waals surface area contributed by atoms with E-state index >= 15 is 0 Å². The van der Waals surface area contributed by atoms with Crippen LogP contribution >= 0.6 is 27.3 Å². The number of nitrogens with zero attached hydrogens (tertiary/aromatic N) is 4. The van der Waals surface area contributed by atoms with Gasteiger partial charge in [0.15, 0.2) is 5.82 Å². The van der Waals surface area contributed by atoms with Gasteiger partial charge in [-0.2, -0.15) is 0 Å². The van der Waals surface area contributed by atoms with E-state index in [1.165, 1.54) is 18.3 Å². The van der Waals surface area contributed by atoms with Crippen LogP contribution in [0.4, 0.5) is 5.82 Å². The van der Waals surface area contributed by atoms with Crippen molar-refractivity contribution >= 4 is 47.1 Å². The number of aromatic nitrogens is 4. The van der Waals surface area contributed by atoms with E-state index in [1.807, 2.05) is 22.9 Å². The fourth-order valence-corrected chi connectivity index (χ4v) is 4.98. The molecule has 0 aromatic carbocycles. The molecule has 0 aliphatic rings. The average Bonchev–Trinajstić information content (AvgIpc) is 3.23. The minimum atomic E-state index is -1.11. The molecule has 1 amide bonds. The molecule has 3 heterocycles. The number of rotatable bonds is 8. The quantitative estimate of drug-likeness (QED) is 0.348. The van der Waals surface area contributed by atoms with Crippen molar-refractivity contribution in [1.82, 2.24) is 19.5 Å². The summed E-state index contributed by atoms with van der Waals surface area (Å²) in [6.45, 7) is 9.69. The van der Waals surface area contributed by atoms with Crippen LogP contribution in [0.25, 0.3) is 21.3 Å². The first-order valence-electron chi connectivity index (χ1n) is 9.22. The Balaban J connectivity index is 1.78. The number of imidazole rings is 1. The summed E-state index contributed by atoms with van der Waals surface area (Å²) in [5, 5.41) is 3.51. The Morgan fingerprint density at radius 3 is 2.83 bits per heavy atom. The van der Waals surface area contributed by atoms with Crippen LogP contribution in [0.3, 0.4) is 0 Å². The molecule has 0 saturated heterocycles. The van der Waals surface area contributed by atoms with Gasteiger partial charge < -0.3 is 14.6 Å². The van der Waals surface area contributed by atoms with Gasteiger partial charge in [-0.1, -0.05) is 19.6 Å². The zero-order valence-corrected chi connectivity index (χ0v) is 20.3. The molecular formula is C19H24BrN5O2SSi. The van der Waals surface area contributed by atoms with Crippen LogP contribution in [0.15, 0.2) is 35.3 Å². The number of ether oxygens (including phenoxy) is 1. The second-order valence-corrected chi connectivity index (χ2v) is 15.2. The van der Waals surface area contributed by atoms with Crippen molar-refractivity contribution in [2.75, 3.05) is 11.9 Å². The van der Waals surface area contributed by atoms with Crippen molar-refractivity contribution in [3.8, 4) is 21.3 Å². The molecule has 7 nitrogen and oxygen atoms in total. The minimum Gasteiger partial charge on any atom is -0.361 e. The van der Waals surface area contributed by atoms with Crippen molar-refractivity contribution < 1.29 is 9.53 Å². The van der Waals surface area contributed by atoms with Crippen molar-refractivity contribution in [2.24, 2.45) is 0 Å². The lowest BCUT2D eigenvalue weighted by Crippen LogP contribution is -2.22. The van der Waals surface area contributed by atoms with E-state index in [1.54, 1.807) is 12.4 Å². The van der Waals surface area contributed by atoms with Crippen LogP contribution in [0.1, 0.15) is 6.92 Å². The monoisotopic (exact) mass is 493 g/mol. The van der Waals surface area contributed by atoms with Gasteiger partial charge in [0.2, 0.25) is 5.91 Å². The van der Waals surface area contributed by atoms with E-state index in [0.717, 1.165) is 38.5 Å². The molecule has 0 atom stereocenters. The van der Waals surface area contributed by atoms with E-state index in [2.05, 4.69) is 55.8 Å². The van der Waals surface area contributed by atoms with E-state index in [9.17, 15) is 4.79 Å². The van der Waals surface area contributed by atoms with Crippen molar-refractivity contribution in [2.45, 2.75) is 39.3 Å². The molecular weight excluding hydrogens is 470 g/mol. The summed E-state index contributed by atoms with van der Waals surface area (Å²) in [6.07, 6.45) is 5.34. The number of thiazole rings is 1. The highest BCUT2D eigenvalue weighted by Gasteiger charge is 2.18. The first kappa shape index (κ1) is 21.8. The van der Waals surface area contributed by atoms with Crippen LogP contribution < -0.4 is 5.32 Å². The molecule has 0 saturated carbocycles. The maximum absolute atomic E-state index is 11.3. The summed E-state index contributed by atoms with van der Waals surface area (Å²) in [6, 6.07) is 4.80. The molecule has 0 fully saturated rings. The number of nitrogens with one attached hydrogen (secondary N) is 1. The van der Waals surface area contributed by atoms with E-state index in [0.29, 0.717) is 12.5 Å². The molecule has 29 heavy (non-hydrogen) atoms. The van der Waals surface area contributed by atoms with Gasteiger partial charge in [0.05, 0.1) is 0 Å². The Kier molecular flexibility index (Phi) is 6.99. The zero-order chi connectivity index (χ0) is 21.0. The topological polar surface area (TPSA) is 81.9 Å². The molecule has 0 unspecified atom stereocenters. The Morgan fingerprint density at radius 2 is 2.10 bits per heavy atom. The predicted molar refractivity (Wildman–Crippen MR) is 123 cm³/mol. The molecule has 3 rings (SSSR count).